The molecule has 1 aliphatic heterocycles. The molecule has 1 unspecified atom stereocenters. The number of hydrogen-bond acceptors (Lipinski definition) is 6. The molecule has 2 heterocycles. The third-order valence-electron chi connectivity index (χ3n) is 3.17. The van der Waals surface area contributed by atoms with Crippen LogP contribution in [0.5, 0.6) is 0 Å². The quantitative estimate of drug-likeness (QED) is 0.656. The first-order chi connectivity index (χ1) is 9.06. The lowest BCUT2D eigenvalue weighted by Crippen LogP contribution is -2.33. The Hall–Kier alpha value is -1.89. The predicted octanol–water partition coefficient (Wildman–Crippen LogP) is 1.58. The van der Waals surface area contributed by atoms with Crippen LogP contribution in [0.1, 0.15) is 19.3 Å². The van der Waals surface area contributed by atoms with Crippen LogP contribution in [-0.4, -0.2) is 36.2 Å². The summed E-state index contributed by atoms with van der Waals surface area (Å²) in [6.07, 6.45) is 3.42. The van der Waals surface area contributed by atoms with Crippen molar-refractivity contribution in [2.75, 3.05) is 30.8 Å². The van der Waals surface area contributed by atoms with Crippen LogP contribution in [0.2, 0.25) is 0 Å². The highest BCUT2D eigenvalue weighted by Crippen LogP contribution is 2.22. The highest BCUT2D eigenvalue weighted by atomic mass is 16.6. The van der Waals surface area contributed by atoms with E-state index in [-0.39, 0.29) is 17.6 Å². The van der Waals surface area contributed by atoms with E-state index in [0.717, 1.165) is 25.9 Å². The topological polar surface area (TPSA) is 94.5 Å². The molecule has 1 saturated heterocycles. The second-order valence-electron chi connectivity index (χ2n) is 4.73. The molecule has 1 atom stereocenters. The Bertz CT molecular complexity index is 460. The Balaban J connectivity index is 2.09. The molecule has 0 radical (unpaired) electrons. The number of ether oxygens (including phenoxy) is 1. The standard InChI is InChI=1S/C12H18N4O3/c1-15(8-10-4-2-3-5-19-10)12-7-9(16(17)18)6-11(13)14-12/h6-7,10H,2-5,8H2,1H3,(H2,13,14). The van der Waals surface area contributed by atoms with E-state index < -0.39 is 4.92 Å². The maximum absolute atomic E-state index is 10.8. The first kappa shape index (κ1) is 13.5. The average Bonchev–Trinajstić information content (AvgIpc) is 2.39. The van der Waals surface area contributed by atoms with E-state index in [1.807, 2.05) is 11.9 Å². The summed E-state index contributed by atoms with van der Waals surface area (Å²) >= 11 is 0. The Morgan fingerprint density at radius 1 is 1.58 bits per heavy atom. The number of nitrogen functional groups attached to an aromatic ring is 1. The fraction of sp³-hybridized carbons (Fsp3) is 0.583. The molecule has 1 aromatic rings. The zero-order valence-corrected chi connectivity index (χ0v) is 10.9. The molecule has 1 aliphatic rings. The average molecular weight is 266 g/mol. The molecule has 19 heavy (non-hydrogen) atoms. The van der Waals surface area contributed by atoms with Crippen molar-refractivity contribution >= 4 is 17.3 Å². The number of nitrogens with two attached hydrogens (primary N) is 1. The van der Waals surface area contributed by atoms with Crippen LogP contribution in [0.25, 0.3) is 0 Å². The van der Waals surface area contributed by atoms with Gasteiger partial charge in [0.2, 0.25) is 0 Å². The van der Waals surface area contributed by atoms with Gasteiger partial charge >= 0.3 is 0 Å². The second kappa shape index (κ2) is 5.83. The largest absolute Gasteiger partial charge is 0.383 e. The Morgan fingerprint density at radius 3 is 3.00 bits per heavy atom. The molecule has 0 spiro atoms. The van der Waals surface area contributed by atoms with Crippen LogP contribution in [0.15, 0.2) is 12.1 Å². The molecule has 0 bridgehead atoms. The van der Waals surface area contributed by atoms with E-state index in [1.54, 1.807) is 0 Å². The van der Waals surface area contributed by atoms with Gasteiger partial charge < -0.3 is 15.4 Å². The molecular formula is C12H18N4O3. The molecule has 1 fully saturated rings. The zero-order valence-electron chi connectivity index (χ0n) is 10.9. The number of aromatic nitrogens is 1. The van der Waals surface area contributed by atoms with Crippen molar-refractivity contribution < 1.29 is 9.66 Å². The minimum Gasteiger partial charge on any atom is -0.383 e. The third-order valence-corrected chi connectivity index (χ3v) is 3.17. The highest BCUT2D eigenvalue weighted by Gasteiger charge is 2.18. The molecule has 2 N–H and O–H groups in total. The summed E-state index contributed by atoms with van der Waals surface area (Å²) < 4.78 is 5.64. The molecule has 7 nitrogen and oxygen atoms in total. The number of hydrogen-bond donors (Lipinski definition) is 1. The number of anilines is 2. The monoisotopic (exact) mass is 266 g/mol. The summed E-state index contributed by atoms with van der Waals surface area (Å²) in [5.41, 5.74) is 5.55. The molecule has 7 heteroatoms. The van der Waals surface area contributed by atoms with Gasteiger partial charge in [-0.1, -0.05) is 0 Å². The third kappa shape index (κ3) is 3.54. The predicted molar refractivity (Wildman–Crippen MR) is 72.2 cm³/mol. The Kier molecular flexibility index (Phi) is 4.16. The SMILES string of the molecule is CN(CC1CCCCO1)c1cc([N+](=O)[O-])cc(N)n1. The highest BCUT2D eigenvalue weighted by molar-refractivity contribution is 5.53. The molecule has 1 aromatic heterocycles. The van der Waals surface area contributed by atoms with Crippen molar-refractivity contribution in [2.45, 2.75) is 25.4 Å². The molecule has 0 saturated carbocycles. The maximum atomic E-state index is 10.8. The Morgan fingerprint density at radius 2 is 2.37 bits per heavy atom. The Labute approximate surface area is 111 Å². The molecule has 104 valence electrons. The fourth-order valence-electron chi connectivity index (χ4n) is 2.17. The molecule has 0 aromatic carbocycles. The van der Waals surface area contributed by atoms with Crippen molar-refractivity contribution in [1.29, 1.82) is 0 Å². The van der Waals surface area contributed by atoms with Gasteiger partial charge in [0, 0.05) is 20.2 Å². The van der Waals surface area contributed by atoms with Crippen LogP contribution in [-0.2, 0) is 4.74 Å². The van der Waals surface area contributed by atoms with Crippen molar-refractivity contribution in [3.8, 4) is 0 Å². The van der Waals surface area contributed by atoms with Crippen molar-refractivity contribution in [3.05, 3.63) is 22.2 Å². The van der Waals surface area contributed by atoms with Crippen LogP contribution in [0, 0.1) is 10.1 Å². The smallest absolute Gasteiger partial charge is 0.276 e. The second-order valence-corrected chi connectivity index (χ2v) is 4.73. The lowest BCUT2D eigenvalue weighted by molar-refractivity contribution is -0.384. The van der Waals surface area contributed by atoms with Crippen LogP contribution in [0.4, 0.5) is 17.3 Å². The number of nitro groups is 1. The first-order valence-electron chi connectivity index (χ1n) is 6.31. The van der Waals surface area contributed by atoms with Gasteiger partial charge in [-0.25, -0.2) is 4.98 Å². The van der Waals surface area contributed by atoms with Gasteiger partial charge in [-0.05, 0) is 19.3 Å². The molecule has 0 aliphatic carbocycles. The van der Waals surface area contributed by atoms with Crippen molar-refractivity contribution in [2.24, 2.45) is 0 Å². The van der Waals surface area contributed by atoms with Gasteiger partial charge in [-0.3, -0.25) is 10.1 Å². The summed E-state index contributed by atoms with van der Waals surface area (Å²) in [6.45, 7) is 1.44. The van der Waals surface area contributed by atoms with Gasteiger partial charge in [-0.15, -0.1) is 0 Å². The van der Waals surface area contributed by atoms with Gasteiger partial charge in [0.05, 0.1) is 23.2 Å². The van der Waals surface area contributed by atoms with E-state index >= 15 is 0 Å². The van der Waals surface area contributed by atoms with E-state index in [2.05, 4.69) is 4.98 Å². The number of likely N-dealkylation sites (N-methyl/N-ethyl adjacent to an activating group) is 1. The van der Waals surface area contributed by atoms with E-state index in [4.69, 9.17) is 10.5 Å². The van der Waals surface area contributed by atoms with E-state index in [0.29, 0.717) is 12.4 Å². The van der Waals surface area contributed by atoms with Crippen molar-refractivity contribution in [3.63, 3.8) is 0 Å². The first-order valence-corrected chi connectivity index (χ1v) is 6.31. The minimum absolute atomic E-state index is 0.0427. The van der Waals surface area contributed by atoms with Gasteiger partial charge in [0.25, 0.3) is 5.69 Å². The van der Waals surface area contributed by atoms with Crippen LogP contribution in [0.3, 0.4) is 0 Å². The summed E-state index contributed by atoms with van der Waals surface area (Å²) in [5, 5.41) is 10.8. The summed E-state index contributed by atoms with van der Waals surface area (Å²) in [5.74, 6) is 0.654. The summed E-state index contributed by atoms with van der Waals surface area (Å²) in [7, 11) is 1.84. The van der Waals surface area contributed by atoms with Crippen LogP contribution < -0.4 is 10.6 Å². The zero-order chi connectivity index (χ0) is 13.8. The summed E-state index contributed by atoms with van der Waals surface area (Å²) in [4.78, 5) is 16.3. The van der Waals surface area contributed by atoms with E-state index in [1.165, 1.54) is 12.1 Å². The fourth-order valence-corrected chi connectivity index (χ4v) is 2.17. The van der Waals surface area contributed by atoms with Gasteiger partial charge in [0.1, 0.15) is 11.6 Å². The molecular weight excluding hydrogens is 248 g/mol. The normalized spacial score (nSPS) is 19.1. The number of pyridine rings is 1. The molecule has 0 amide bonds. The minimum atomic E-state index is -0.466. The summed E-state index contributed by atoms with van der Waals surface area (Å²) in [6, 6.07) is 2.69. The van der Waals surface area contributed by atoms with Gasteiger partial charge in [0.15, 0.2) is 0 Å². The van der Waals surface area contributed by atoms with Gasteiger partial charge in [-0.2, -0.15) is 0 Å². The van der Waals surface area contributed by atoms with E-state index in [9.17, 15) is 10.1 Å². The van der Waals surface area contributed by atoms with Crippen LogP contribution >= 0.6 is 0 Å². The number of rotatable bonds is 4. The molecule has 2 rings (SSSR count). The number of nitrogens with zero attached hydrogens (tertiary/aromatic N) is 3. The lowest BCUT2D eigenvalue weighted by Gasteiger charge is -2.28. The lowest BCUT2D eigenvalue weighted by atomic mass is 10.1. The van der Waals surface area contributed by atoms with Crippen molar-refractivity contribution in [1.82, 2.24) is 4.98 Å². The maximum Gasteiger partial charge on any atom is 0.276 e.